The van der Waals surface area contributed by atoms with Crippen LogP contribution in [0.15, 0.2) is 24.8 Å². The van der Waals surface area contributed by atoms with E-state index in [9.17, 15) is 27.6 Å². The van der Waals surface area contributed by atoms with E-state index in [2.05, 4.69) is 16.6 Å². The van der Waals surface area contributed by atoms with Gasteiger partial charge in [-0.15, -0.1) is 6.58 Å². The third-order valence-corrected chi connectivity index (χ3v) is 9.14. The SMILES string of the molecule is C=CCN(C)S(=O)(=O)NC(=O)[C@]12CC(=O)[C@@H]3CCCN3C(=O)[C@@H](NC(=O)OC(C)(C)C)CCCCC/C=C\[C@@H]1C2. The summed E-state index contributed by atoms with van der Waals surface area (Å²) in [4.78, 5) is 54.8. The number of likely N-dealkylation sites (N-methyl/N-ethyl adjacent to an activating group) is 1. The number of nitrogens with zero attached hydrogens (tertiary/aromatic N) is 2. The summed E-state index contributed by atoms with van der Waals surface area (Å²) in [7, 11) is -2.78. The predicted octanol–water partition coefficient (Wildman–Crippen LogP) is 2.84. The molecule has 1 saturated carbocycles. The molecule has 12 heteroatoms. The van der Waals surface area contributed by atoms with Gasteiger partial charge in [-0.1, -0.05) is 31.1 Å². The molecule has 0 spiro atoms. The van der Waals surface area contributed by atoms with Crippen molar-refractivity contribution in [2.24, 2.45) is 11.3 Å². The van der Waals surface area contributed by atoms with E-state index in [-0.39, 0.29) is 30.6 Å². The average molecular weight is 581 g/mol. The zero-order chi connectivity index (χ0) is 29.7. The lowest BCUT2D eigenvalue weighted by Crippen LogP contribution is -2.53. The van der Waals surface area contributed by atoms with Crippen LogP contribution < -0.4 is 10.0 Å². The first-order valence-electron chi connectivity index (χ1n) is 14.1. The molecule has 2 aliphatic heterocycles. The van der Waals surface area contributed by atoms with Crippen LogP contribution in [0.25, 0.3) is 0 Å². The maximum absolute atomic E-state index is 13.7. The molecule has 4 atom stereocenters. The van der Waals surface area contributed by atoms with Gasteiger partial charge < -0.3 is 15.0 Å². The molecule has 1 aliphatic carbocycles. The molecule has 2 heterocycles. The third-order valence-electron chi connectivity index (χ3n) is 7.72. The second kappa shape index (κ2) is 12.8. The second-order valence-electron chi connectivity index (χ2n) is 12.1. The number of amides is 3. The molecule has 3 rings (SSSR count). The summed E-state index contributed by atoms with van der Waals surface area (Å²) in [5, 5.41) is 2.71. The number of allylic oxidation sites excluding steroid dienone is 2. The van der Waals surface area contributed by atoms with Gasteiger partial charge in [0.1, 0.15) is 11.6 Å². The number of carbonyl (C=O) groups is 4. The maximum Gasteiger partial charge on any atom is 0.408 e. The van der Waals surface area contributed by atoms with E-state index in [4.69, 9.17) is 4.74 Å². The minimum Gasteiger partial charge on any atom is -0.444 e. The number of nitrogens with one attached hydrogen (secondary N) is 2. The normalized spacial score (nSPS) is 28.9. The highest BCUT2D eigenvalue weighted by Crippen LogP contribution is 2.57. The summed E-state index contributed by atoms with van der Waals surface area (Å²) < 4.78 is 33.9. The Labute approximate surface area is 237 Å². The molecule has 0 aromatic rings. The quantitative estimate of drug-likeness (QED) is 0.460. The highest BCUT2D eigenvalue weighted by molar-refractivity contribution is 7.87. The summed E-state index contributed by atoms with van der Waals surface area (Å²) in [6, 6.07) is -1.57. The molecule has 2 fully saturated rings. The van der Waals surface area contributed by atoms with Gasteiger partial charge in [0.2, 0.25) is 11.8 Å². The molecule has 40 heavy (non-hydrogen) atoms. The van der Waals surface area contributed by atoms with E-state index >= 15 is 0 Å². The summed E-state index contributed by atoms with van der Waals surface area (Å²) >= 11 is 0. The maximum atomic E-state index is 13.7. The number of ketones is 1. The Morgan fingerprint density at radius 1 is 1.20 bits per heavy atom. The number of hydrogen-bond acceptors (Lipinski definition) is 7. The van der Waals surface area contributed by atoms with Gasteiger partial charge >= 0.3 is 16.3 Å². The van der Waals surface area contributed by atoms with Crippen LogP contribution in [-0.2, 0) is 29.3 Å². The van der Waals surface area contributed by atoms with Gasteiger partial charge in [-0.3, -0.25) is 14.4 Å². The van der Waals surface area contributed by atoms with Crippen LogP contribution in [-0.4, -0.2) is 79.1 Å². The number of carbonyl (C=O) groups excluding carboxylic acids is 4. The zero-order valence-corrected chi connectivity index (χ0v) is 24.9. The van der Waals surface area contributed by atoms with Crippen molar-refractivity contribution in [1.82, 2.24) is 19.2 Å². The Morgan fingerprint density at radius 3 is 2.60 bits per heavy atom. The molecule has 0 bridgehead atoms. The first-order valence-corrected chi connectivity index (χ1v) is 15.5. The second-order valence-corrected chi connectivity index (χ2v) is 13.8. The summed E-state index contributed by atoms with van der Waals surface area (Å²) in [6.07, 6.45) is 9.41. The van der Waals surface area contributed by atoms with Crippen molar-refractivity contribution in [3.05, 3.63) is 24.8 Å². The molecule has 2 N–H and O–H groups in total. The van der Waals surface area contributed by atoms with Gasteiger partial charge in [0.15, 0.2) is 5.78 Å². The van der Waals surface area contributed by atoms with E-state index < -0.39 is 45.3 Å². The molecule has 0 radical (unpaired) electrons. The van der Waals surface area contributed by atoms with Crippen LogP contribution in [0.3, 0.4) is 0 Å². The van der Waals surface area contributed by atoms with E-state index in [1.807, 2.05) is 12.2 Å². The fourth-order valence-electron chi connectivity index (χ4n) is 5.46. The zero-order valence-electron chi connectivity index (χ0n) is 24.1. The van der Waals surface area contributed by atoms with Gasteiger partial charge in [-0.25, -0.2) is 9.52 Å². The van der Waals surface area contributed by atoms with Crippen molar-refractivity contribution in [3.8, 4) is 0 Å². The Morgan fingerprint density at radius 2 is 1.93 bits per heavy atom. The molecule has 0 unspecified atom stereocenters. The van der Waals surface area contributed by atoms with E-state index in [0.29, 0.717) is 38.6 Å². The molecule has 0 aromatic carbocycles. The van der Waals surface area contributed by atoms with Gasteiger partial charge in [0, 0.05) is 26.6 Å². The summed E-state index contributed by atoms with van der Waals surface area (Å²) in [6.45, 7) is 9.15. The minimum atomic E-state index is -4.11. The molecular formula is C28H44N4O7S. The first-order chi connectivity index (χ1) is 18.7. The van der Waals surface area contributed by atoms with E-state index in [1.165, 1.54) is 18.0 Å². The number of fused-ring (bicyclic) bond motifs is 2. The van der Waals surface area contributed by atoms with Crippen LogP contribution in [0.1, 0.15) is 78.6 Å². The third kappa shape index (κ3) is 7.93. The molecule has 3 aliphatic rings. The predicted molar refractivity (Wildman–Crippen MR) is 150 cm³/mol. The molecular weight excluding hydrogens is 536 g/mol. The lowest BCUT2D eigenvalue weighted by Gasteiger charge is -2.30. The Kier molecular flexibility index (Phi) is 10.2. The van der Waals surface area contributed by atoms with Crippen molar-refractivity contribution < 1.29 is 32.3 Å². The molecule has 11 nitrogen and oxygen atoms in total. The van der Waals surface area contributed by atoms with Crippen molar-refractivity contribution in [2.45, 2.75) is 96.2 Å². The van der Waals surface area contributed by atoms with E-state index in [1.54, 1.807) is 20.8 Å². The van der Waals surface area contributed by atoms with Crippen molar-refractivity contribution >= 4 is 33.9 Å². The summed E-state index contributed by atoms with van der Waals surface area (Å²) in [5.74, 6) is -1.60. The summed E-state index contributed by atoms with van der Waals surface area (Å²) in [5.41, 5.74) is -1.92. The number of alkyl carbamates (subject to hydrolysis) is 1. The monoisotopic (exact) mass is 580 g/mol. The number of ether oxygens (including phenoxy) is 1. The Bertz CT molecular complexity index is 1130. The van der Waals surface area contributed by atoms with Crippen LogP contribution >= 0.6 is 0 Å². The fourth-order valence-corrected chi connectivity index (χ4v) is 6.35. The van der Waals surface area contributed by atoms with Crippen molar-refractivity contribution in [1.29, 1.82) is 0 Å². The van der Waals surface area contributed by atoms with Crippen molar-refractivity contribution in [3.63, 3.8) is 0 Å². The van der Waals surface area contributed by atoms with E-state index in [0.717, 1.165) is 23.6 Å². The average Bonchev–Trinajstić information content (AvgIpc) is 3.30. The van der Waals surface area contributed by atoms with Crippen LogP contribution in [0.5, 0.6) is 0 Å². The smallest absolute Gasteiger partial charge is 0.408 e. The van der Waals surface area contributed by atoms with Gasteiger partial charge in [0.25, 0.3) is 0 Å². The number of hydrogen-bond donors (Lipinski definition) is 2. The van der Waals surface area contributed by atoms with Gasteiger partial charge in [-0.2, -0.15) is 12.7 Å². The van der Waals surface area contributed by atoms with Crippen LogP contribution in [0, 0.1) is 11.3 Å². The molecule has 0 aromatic heterocycles. The standard InChI is InChI=1S/C28H44N4O7S/c1-6-16-31(5)40(37,38)30-25(35)28-18-20(28)13-10-8-7-9-11-14-21(29-26(36)39-27(2,3)4)24(34)32-17-12-15-22(32)23(33)19-28/h6,10,13,20-22H,1,7-9,11-12,14-19H2,2-5H3,(H,29,36)(H,30,35)/b13-10-/t20-,21+,22+,28-/m1/s1. The molecule has 224 valence electrons. The van der Waals surface area contributed by atoms with Crippen LogP contribution in [0.4, 0.5) is 4.79 Å². The molecule has 3 amide bonds. The number of Topliss-reactive ketones (excluding diaryl/α,β-unsaturated/α-hetero) is 1. The minimum absolute atomic E-state index is 0.0233. The largest absolute Gasteiger partial charge is 0.444 e. The van der Waals surface area contributed by atoms with Gasteiger partial charge in [0.05, 0.1) is 11.5 Å². The highest BCUT2D eigenvalue weighted by atomic mass is 32.2. The lowest BCUT2D eigenvalue weighted by molar-refractivity contribution is -0.140. The topological polar surface area (TPSA) is 142 Å². The first kappa shape index (κ1) is 31.8. The fraction of sp³-hybridized carbons (Fsp3) is 0.714. The van der Waals surface area contributed by atoms with Crippen LogP contribution in [0.2, 0.25) is 0 Å². The highest BCUT2D eigenvalue weighted by Gasteiger charge is 2.61. The van der Waals surface area contributed by atoms with Gasteiger partial charge in [-0.05, 0) is 65.2 Å². The lowest BCUT2D eigenvalue weighted by atomic mass is 9.91. The number of rotatable bonds is 6. The van der Waals surface area contributed by atoms with Crippen molar-refractivity contribution in [2.75, 3.05) is 20.1 Å². The Balaban J connectivity index is 1.84. The molecule has 1 saturated heterocycles. The Hall–Kier alpha value is -2.73.